The van der Waals surface area contributed by atoms with E-state index in [-0.39, 0.29) is 0 Å². The summed E-state index contributed by atoms with van der Waals surface area (Å²) in [5.41, 5.74) is 0. The Morgan fingerprint density at radius 2 is 0.510 bits per heavy atom. The van der Waals surface area contributed by atoms with Crippen LogP contribution in [-0.4, -0.2) is 435 Å². The van der Waals surface area contributed by atoms with Crippen molar-refractivity contribution in [3.05, 3.63) is 0 Å². The summed E-state index contributed by atoms with van der Waals surface area (Å²) in [6, 6.07) is -9.14. The molecule has 8 saturated heterocycles. The first kappa shape index (κ1) is 85.5. The summed E-state index contributed by atoms with van der Waals surface area (Å²) in [5.74, 6) is -4.43. The Balaban J connectivity index is 1.27. The number of nitrogens with one attached hydrogen (secondary N) is 5. The van der Waals surface area contributed by atoms with Crippen LogP contribution in [0.5, 0.6) is 0 Å². The van der Waals surface area contributed by atoms with Crippen LogP contribution in [-0.2, 0) is 95.0 Å². The van der Waals surface area contributed by atoms with Gasteiger partial charge in [-0.2, -0.15) is 0 Å². The Morgan fingerprint density at radius 1 is 0.250 bits per heavy atom. The molecule has 600 valence electrons. The summed E-state index contributed by atoms with van der Waals surface area (Å²) in [5, 5.41) is 246. The predicted octanol–water partition coefficient (Wildman–Crippen LogP) is -17.7. The van der Waals surface area contributed by atoms with Crippen molar-refractivity contribution in [1.82, 2.24) is 26.6 Å². The fourth-order valence-corrected chi connectivity index (χ4v) is 13.4. The van der Waals surface area contributed by atoms with E-state index in [0.717, 1.165) is 34.6 Å². The standard InChI is InChI=1S/C58H97N5O41/c1-14(71)59-27-40(84)45(24(11-69)91-51(27)89)99-55-31(63-18(5)75)41(85)46(25(12-70)97-55)100-56-44(88)48(102-58-50(43(87)36(80)23(10-68)96-58)104-54-30(62-17(4)74)39(83)34(78)21(8-66)94-54)47(101-52-28(60-15(2)72)37(81)32(76)19(6-64)92-52)26(98-56)13-90-57-49(42(86)35(79)22(9-67)95-57)103-53-29(61-16(3)73)38(82)33(77)20(7-65)93-53/h19-58,64-70,76-89H,6-13H2,1-5H3,(H,59,71)(H,60,72)(H,61,73)(H,62,74)(H,63,75)/t19-,20-,21-,22-,23-,24-,25-,26-,27-,28-,29-,30-,31-,32-,33-,34-,35-,36-,37-,38-,39-,40-,41-,42+,43+,44+,45-,46-,47-,48-,49+,50+,51-,52+,53+,54+,55+,56+,57+,58-/m1/s1. The Hall–Kier alpha value is -4.09. The molecule has 8 aliphatic heterocycles. The molecule has 8 fully saturated rings. The minimum absolute atomic E-state index is 0.788. The molecule has 0 aromatic carbocycles. The van der Waals surface area contributed by atoms with Gasteiger partial charge < -0.3 is 205 Å². The van der Waals surface area contributed by atoms with Crippen LogP contribution in [0, 0.1) is 0 Å². The SMILES string of the molecule is CC(=O)N[C@@H]1[C@@H](O)[C@H](O[C@@H]2O[C@H](CO)[C@@H](O[C@@H]3O[C@H](CO[C@H]4O[C@H](CO)[C@@H](O)[C@H](O)[C@@H]4O[C@@H]4O[C@H](CO)[C@@H](O)[C@H](O)[C@H]4NC(C)=O)[C@@H](O[C@@H]4O[C@H](CO)[C@@H](O)[C@H](O)[C@H]4NC(C)=O)[C@H](O[C@H]4O[C@H](CO)[C@@H](O)[C@H](O)[C@@H]4O[C@@H]4O[C@H](CO)[C@@H](O)[C@H](O)[C@H]4NC(C)=O)[C@@H]3O)[C@H](O)[C@H]2NC(C)=O)[C@@H](CO)O[C@H]1O. The fraction of sp³-hybridized carbons (Fsp3) is 0.914. The van der Waals surface area contributed by atoms with Crippen LogP contribution in [0.1, 0.15) is 34.6 Å². The Morgan fingerprint density at radius 3 is 0.885 bits per heavy atom. The van der Waals surface area contributed by atoms with Crippen molar-refractivity contribution in [2.75, 3.05) is 52.9 Å². The molecule has 0 aromatic heterocycles. The van der Waals surface area contributed by atoms with Crippen LogP contribution in [0.2, 0.25) is 0 Å². The van der Waals surface area contributed by atoms with Crippen molar-refractivity contribution >= 4 is 29.5 Å². The van der Waals surface area contributed by atoms with Gasteiger partial charge in [-0.3, -0.25) is 24.0 Å². The third-order valence-electron chi connectivity index (χ3n) is 18.7. The molecule has 0 saturated carbocycles. The molecule has 104 heavy (non-hydrogen) atoms. The number of rotatable bonds is 27. The van der Waals surface area contributed by atoms with Gasteiger partial charge in [-0.25, -0.2) is 0 Å². The molecule has 8 heterocycles. The number of carbonyl (C=O) groups excluding carboxylic acids is 5. The van der Waals surface area contributed by atoms with Gasteiger partial charge in [0.05, 0.1) is 52.9 Å². The molecule has 46 nitrogen and oxygen atoms in total. The molecule has 0 aromatic rings. The van der Waals surface area contributed by atoms with Crippen LogP contribution in [0.15, 0.2) is 0 Å². The fourth-order valence-electron chi connectivity index (χ4n) is 13.4. The molecule has 40 atom stereocenters. The second kappa shape index (κ2) is 37.5. The first-order valence-corrected chi connectivity index (χ1v) is 33.1. The third kappa shape index (κ3) is 19.2. The molecular weight excluding hydrogens is 1420 g/mol. The minimum Gasteiger partial charge on any atom is -0.394 e. The predicted molar refractivity (Wildman–Crippen MR) is 322 cm³/mol. The quantitative estimate of drug-likeness (QED) is 0.0363. The summed E-state index contributed by atoms with van der Waals surface area (Å²) in [6.07, 6.45) is -73.7. The van der Waals surface area contributed by atoms with Gasteiger partial charge in [0.1, 0.15) is 195 Å². The zero-order valence-corrected chi connectivity index (χ0v) is 56.3. The summed E-state index contributed by atoms with van der Waals surface area (Å²) >= 11 is 0. The third-order valence-corrected chi connectivity index (χ3v) is 18.7. The number of ether oxygens (including phenoxy) is 15. The van der Waals surface area contributed by atoms with E-state index in [0.29, 0.717) is 0 Å². The molecule has 0 unspecified atom stereocenters. The van der Waals surface area contributed by atoms with Crippen LogP contribution in [0.25, 0.3) is 0 Å². The summed E-state index contributed by atoms with van der Waals surface area (Å²) in [6.45, 7) is -4.05. The largest absolute Gasteiger partial charge is 0.394 e. The molecule has 0 bridgehead atoms. The molecule has 5 amide bonds. The van der Waals surface area contributed by atoms with E-state index in [1.807, 2.05) is 0 Å². The molecule has 8 rings (SSSR count). The normalized spacial score (nSPS) is 47.2. The van der Waals surface area contributed by atoms with Gasteiger partial charge >= 0.3 is 0 Å². The van der Waals surface area contributed by atoms with Gasteiger partial charge in [-0.15, -0.1) is 0 Å². The number of aliphatic hydroxyl groups excluding tert-OH is 21. The van der Waals surface area contributed by atoms with E-state index in [2.05, 4.69) is 26.6 Å². The maximum absolute atomic E-state index is 13.1. The van der Waals surface area contributed by atoms with E-state index >= 15 is 0 Å². The zero-order valence-electron chi connectivity index (χ0n) is 56.3. The number of amides is 5. The molecule has 26 N–H and O–H groups in total. The van der Waals surface area contributed by atoms with Crippen LogP contribution >= 0.6 is 0 Å². The molecule has 46 heteroatoms. The highest BCUT2D eigenvalue weighted by molar-refractivity contribution is 5.75. The molecular formula is C58H97N5O41. The lowest BCUT2D eigenvalue weighted by molar-refractivity contribution is -0.407. The maximum Gasteiger partial charge on any atom is 0.217 e. The van der Waals surface area contributed by atoms with E-state index in [1.54, 1.807) is 0 Å². The second-order valence-electron chi connectivity index (χ2n) is 26.1. The zero-order chi connectivity index (χ0) is 76.8. The highest BCUT2D eigenvalue weighted by atomic mass is 16.8. The smallest absolute Gasteiger partial charge is 0.217 e. The van der Waals surface area contributed by atoms with Crippen molar-refractivity contribution in [2.45, 2.75) is 280 Å². The van der Waals surface area contributed by atoms with E-state index in [9.17, 15) is 131 Å². The van der Waals surface area contributed by atoms with Crippen LogP contribution in [0.3, 0.4) is 0 Å². The average Bonchev–Trinajstić information content (AvgIpc) is 0.778. The highest BCUT2D eigenvalue weighted by Gasteiger charge is 2.61. The molecule has 0 radical (unpaired) electrons. The first-order chi connectivity index (χ1) is 49.2. The van der Waals surface area contributed by atoms with Crippen molar-refractivity contribution in [3.63, 3.8) is 0 Å². The van der Waals surface area contributed by atoms with Crippen molar-refractivity contribution < 1.29 is 202 Å². The Kier molecular flexibility index (Phi) is 30.9. The first-order valence-electron chi connectivity index (χ1n) is 33.1. The van der Waals surface area contributed by atoms with Crippen LogP contribution in [0.4, 0.5) is 0 Å². The number of hydrogen-bond acceptors (Lipinski definition) is 41. The number of hydrogen-bond donors (Lipinski definition) is 26. The summed E-state index contributed by atoms with van der Waals surface area (Å²) < 4.78 is 91.3. The number of carbonyl (C=O) groups is 5. The highest BCUT2D eigenvalue weighted by Crippen LogP contribution is 2.40. The number of aliphatic hydroxyl groups is 21. The summed E-state index contributed by atoms with van der Waals surface area (Å²) in [7, 11) is 0. The van der Waals surface area contributed by atoms with Gasteiger partial charge in [0.25, 0.3) is 0 Å². The monoisotopic (exact) mass is 1520 g/mol. The van der Waals surface area contributed by atoms with Gasteiger partial charge in [0.2, 0.25) is 29.5 Å². The van der Waals surface area contributed by atoms with Crippen molar-refractivity contribution in [3.8, 4) is 0 Å². The molecule has 0 spiro atoms. The minimum atomic E-state index is -2.65. The van der Waals surface area contributed by atoms with Gasteiger partial charge in [-0.1, -0.05) is 0 Å². The van der Waals surface area contributed by atoms with Crippen molar-refractivity contribution in [2.24, 2.45) is 0 Å². The lowest BCUT2D eigenvalue weighted by atomic mass is 9.93. The van der Waals surface area contributed by atoms with Gasteiger partial charge in [0.15, 0.2) is 50.3 Å². The van der Waals surface area contributed by atoms with Gasteiger partial charge in [0, 0.05) is 34.6 Å². The summed E-state index contributed by atoms with van der Waals surface area (Å²) in [4.78, 5) is 63.3. The van der Waals surface area contributed by atoms with E-state index in [1.165, 1.54) is 0 Å². The molecule has 8 aliphatic rings. The van der Waals surface area contributed by atoms with E-state index < -0.39 is 328 Å². The topological polar surface area (TPSA) is 709 Å². The van der Waals surface area contributed by atoms with Crippen LogP contribution < -0.4 is 26.6 Å². The lowest BCUT2D eigenvalue weighted by Crippen LogP contribution is -2.71. The van der Waals surface area contributed by atoms with Gasteiger partial charge in [-0.05, 0) is 0 Å². The Bertz CT molecular complexity index is 2770. The average molecular weight is 1520 g/mol. The Labute approximate surface area is 589 Å². The lowest BCUT2D eigenvalue weighted by Gasteiger charge is -2.52. The van der Waals surface area contributed by atoms with Crippen molar-refractivity contribution in [1.29, 1.82) is 0 Å². The maximum atomic E-state index is 13.1. The van der Waals surface area contributed by atoms with E-state index in [4.69, 9.17) is 71.1 Å². The molecule has 0 aliphatic carbocycles. The second-order valence-corrected chi connectivity index (χ2v) is 26.1.